The molecule has 3 nitrogen and oxygen atoms in total. The molecule has 2 N–H and O–H groups in total. The summed E-state index contributed by atoms with van der Waals surface area (Å²) in [7, 11) is 0. The van der Waals surface area contributed by atoms with E-state index in [-0.39, 0.29) is 0 Å². The van der Waals surface area contributed by atoms with Crippen LogP contribution in [0.3, 0.4) is 0 Å². The number of alkyl halides is 6. The van der Waals surface area contributed by atoms with Gasteiger partial charge in [-0.3, -0.25) is 4.79 Å². The molecule has 1 amide bonds. The van der Waals surface area contributed by atoms with E-state index in [0.717, 1.165) is 24.4 Å². The molecule has 1 aromatic carbocycles. The van der Waals surface area contributed by atoms with E-state index in [2.05, 4.69) is 0 Å². The first-order valence-electron chi connectivity index (χ1n) is 5.81. The number of hydrogen-bond donors (Lipinski definition) is 2. The molecule has 0 unspecified atom stereocenters. The van der Waals surface area contributed by atoms with Crippen LogP contribution in [0.1, 0.15) is 13.3 Å². The largest absolute Gasteiger partial charge is 0.439 e. The highest BCUT2D eigenvalue weighted by molar-refractivity contribution is 5.77. The first-order valence-corrected chi connectivity index (χ1v) is 5.81. The highest BCUT2D eigenvalue weighted by Crippen LogP contribution is 2.43. The molecule has 0 aliphatic heterocycles. The smallest absolute Gasteiger partial charge is 0.348 e. The van der Waals surface area contributed by atoms with Gasteiger partial charge in [0.2, 0.25) is 5.91 Å². The third-order valence-corrected chi connectivity index (χ3v) is 2.60. The van der Waals surface area contributed by atoms with Crippen LogP contribution < -0.4 is 10.6 Å². The van der Waals surface area contributed by atoms with E-state index in [1.54, 1.807) is 0 Å². The van der Waals surface area contributed by atoms with Gasteiger partial charge in [0.15, 0.2) is 0 Å². The lowest BCUT2D eigenvalue weighted by atomic mass is 10.1. The Labute approximate surface area is 116 Å². The van der Waals surface area contributed by atoms with Crippen LogP contribution in [0.25, 0.3) is 0 Å². The molecular formula is C12H12F6N2O. The molecular weight excluding hydrogens is 302 g/mol. The maximum atomic E-state index is 13.1. The van der Waals surface area contributed by atoms with Crippen LogP contribution in [-0.2, 0) is 4.79 Å². The molecule has 1 rings (SSSR count). The number of para-hydroxylation sites is 1. The van der Waals surface area contributed by atoms with E-state index in [1.807, 2.05) is 0 Å². The number of nitrogens with one attached hydrogen (secondary N) is 2. The Morgan fingerprint density at radius 1 is 1.00 bits per heavy atom. The van der Waals surface area contributed by atoms with Gasteiger partial charge in [-0.15, -0.1) is 0 Å². The second-order valence-corrected chi connectivity index (χ2v) is 4.14. The average molecular weight is 314 g/mol. The summed E-state index contributed by atoms with van der Waals surface area (Å²) in [5, 5.41) is 2.36. The van der Waals surface area contributed by atoms with Gasteiger partial charge in [-0.05, 0) is 12.1 Å². The first kappa shape index (κ1) is 17.1. The summed E-state index contributed by atoms with van der Waals surface area (Å²) in [5.41, 5.74) is -4.97. The van der Waals surface area contributed by atoms with Gasteiger partial charge in [0, 0.05) is 12.1 Å². The van der Waals surface area contributed by atoms with Gasteiger partial charge in [-0.2, -0.15) is 26.3 Å². The fourth-order valence-electron chi connectivity index (χ4n) is 1.51. The normalized spacial score (nSPS) is 12.9. The molecule has 9 heteroatoms. The Morgan fingerprint density at radius 3 is 1.86 bits per heavy atom. The van der Waals surface area contributed by atoms with Gasteiger partial charge < -0.3 is 10.6 Å². The predicted octanol–water partition coefficient (Wildman–Crippen LogP) is 3.45. The van der Waals surface area contributed by atoms with Crippen molar-refractivity contribution in [3.8, 4) is 0 Å². The number of carbonyl (C=O) groups excluding carboxylic acids is 1. The zero-order valence-corrected chi connectivity index (χ0v) is 10.8. The Balaban J connectivity index is 3.34. The number of carbonyl (C=O) groups is 1. The number of anilines is 1. The van der Waals surface area contributed by atoms with Gasteiger partial charge >= 0.3 is 18.0 Å². The zero-order valence-electron chi connectivity index (χ0n) is 10.8. The summed E-state index contributed by atoms with van der Waals surface area (Å²) >= 11 is 0. The molecule has 0 spiro atoms. The van der Waals surface area contributed by atoms with Crippen LogP contribution in [-0.4, -0.2) is 23.9 Å². The lowest BCUT2D eigenvalue weighted by molar-refractivity contribution is -0.295. The average Bonchev–Trinajstić information content (AvgIpc) is 2.36. The van der Waals surface area contributed by atoms with Crippen molar-refractivity contribution in [1.82, 2.24) is 5.32 Å². The summed E-state index contributed by atoms with van der Waals surface area (Å²) in [4.78, 5) is 11.2. The van der Waals surface area contributed by atoms with Crippen molar-refractivity contribution in [2.75, 3.05) is 5.32 Å². The van der Waals surface area contributed by atoms with Crippen LogP contribution in [0.4, 0.5) is 32.0 Å². The SMILES string of the molecule is CCC(=O)NC(Nc1ccccc1)(C(F)(F)F)C(F)(F)F. The molecule has 0 atom stereocenters. The van der Waals surface area contributed by atoms with Gasteiger partial charge in [0.05, 0.1) is 0 Å². The molecule has 118 valence electrons. The van der Waals surface area contributed by atoms with E-state index in [1.165, 1.54) is 23.5 Å². The fraction of sp³-hybridized carbons (Fsp3) is 0.417. The molecule has 1 aromatic rings. The topological polar surface area (TPSA) is 41.1 Å². The first-order chi connectivity index (χ1) is 9.53. The quantitative estimate of drug-likeness (QED) is 0.660. The minimum absolute atomic E-state index is 0.427. The lowest BCUT2D eigenvalue weighted by Gasteiger charge is -2.38. The summed E-state index contributed by atoms with van der Waals surface area (Å²) in [6.07, 6.45) is -12.1. The molecule has 0 bridgehead atoms. The van der Waals surface area contributed by atoms with E-state index in [9.17, 15) is 31.1 Å². The number of amides is 1. The molecule has 21 heavy (non-hydrogen) atoms. The molecule has 0 saturated heterocycles. The summed E-state index contributed by atoms with van der Waals surface area (Å²) in [5.74, 6) is -1.38. The maximum Gasteiger partial charge on any atom is 0.439 e. The third kappa shape index (κ3) is 3.59. The molecule has 0 aliphatic carbocycles. The van der Waals surface area contributed by atoms with Crippen molar-refractivity contribution in [3.05, 3.63) is 30.3 Å². The second-order valence-electron chi connectivity index (χ2n) is 4.14. The predicted molar refractivity (Wildman–Crippen MR) is 63.3 cm³/mol. The van der Waals surface area contributed by atoms with Crippen molar-refractivity contribution in [1.29, 1.82) is 0 Å². The molecule has 0 heterocycles. The Morgan fingerprint density at radius 2 is 1.48 bits per heavy atom. The van der Waals surface area contributed by atoms with Gasteiger partial charge in [0.1, 0.15) is 0 Å². The Kier molecular flexibility index (Phi) is 4.75. The summed E-state index contributed by atoms with van der Waals surface area (Å²) < 4.78 is 78.3. The third-order valence-electron chi connectivity index (χ3n) is 2.60. The van der Waals surface area contributed by atoms with E-state index in [0.29, 0.717) is 0 Å². The van der Waals surface area contributed by atoms with Gasteiger partial charge in [0.25, 0.3) is 0 Å². The summed E-state index contributed by atoms with van der Waals surface area (Å²) in [6, 6.07) is 6.02. The lowest BCUT2D eigenvalue weighted by Crippen LogP contribution is -2.72. The van der Waals surface area contributed by atoms with E-state index < -0.39 is 36.0 Å². The van der Waals surface area contributed by atoms with Gasteiger partial charge in [-0.25, -0.2) is 0 Å². The minimum Gasteiger partial charge on any atom is -0.348 e. The zero-order chi connectivity index (χ0) is 16.3. The molecule has 0 aliphatic rings. The summed E-state index contributed by atoms with van der Waals surface area (Å²) in [6.45, 7) is 1.15. The van der Waals surface area contributed by atoms with Crippen LogP contribution in [0, 0.1) is 0 Å². The molecule has 0 fully saturated rings. The highest BCUT2D eigenvalue weighted by atomic mass is 19.4. The number of halogens is 6. The number of rotatable bonds is 4. The van der Waals surface area contributed by atoms with Crippen LogP contribution in [0.15, 0.2) is 30.3 Å². The highest BCUT2D eigenvalue weighted by Gasteiger charge is 2.72. The minimum atomic E-state index is -5.79. The molecule has 0 aromatic heterocycles. The van der Waals surface area contributed by atoms with Crippen LogP contribution >= 0.6 is 0 Å². The van der Waals surface area contributed by atoms with Crippen molar-refractivity contribution in [3.63, 3.8) is 0 Å². The Bertz CT molecular complexity index is 469. The van der Waals surface area contributed by atoms with Crippen molar-refractivity contribution in [2.45, 2.75) is 31.4 Å². The van der Waals surface area contributed by atoms with Crippen molar-refractivity contribution >= 4 is 11.6 Å². The molecule has 0 radical (unpaired) electrons. The van der Waals surface area contributed by atoms with Crippen molar-refractivity contribution < 1.29 is 31.1 Å². The standard InChI is InChI=1S/C12H12F6N2O/c1-2-9(21)20-10(11(13,14)15,12(16,17)18)19-8-6-4-3-5-7-8/h3-7,19H,2H2,1H3,(H,20,21). The fourth-order valence-corrected chi connectivity index (χ4v) is 1.51. The van der Waals surface area contributed by atoms with E-state index >= 15 is 0 Å². The second kappa shape index (κ2) is 5.82. The van der Waals surface area contributed by atoms with Crippen LogP contribution in [0.2, 0.25) is 0 Å². The number of benzene rings is 1. The molecule has 0 saturated carbocycles. The van der Waals surface area contributed by atoms with Gasteiger partial charge in [-0.1, -0.05) is 25.1 Å². The van der Waals surface area contributed by atoms with E-state index in [4.69, 9.17) is 0 Å². The Hall–Kier alpha value is -1.93. The van der Waals surface area contributed by atoms with Crippen LogP contribution in [0.5, 0.6) is 0 Å². The maximum absolute atomic E-state index is 13.1. The van der Waals surface area contributed by atoms with Crippen molar-refractivity contribution in [2.24, 2.45) is 0 Å². The number of hydrogen-bond acceptors (Lipinski definition) is 2. The monoisotopic (exact) mass is 314 g/mol.